The van der Waals surface area contributed by atoms with Crippen LogP contribution in [0.25, 0.3) is 0 Å². The van der Waals surface area contributed by atoms with Crippen molar-refractivity contribution in [3.8, 4) is 0 Å². The second-order valence-corrected chi connectivity index (χ2v) is 36.6. The van der Waals surface area contributed by atoms with Gasteiger partial charge in [-0.15, -0.1) is 0 Å². The van der Waals surface area contributed by atoms with Crippen molar-refractivity contribution in [2.24, 2.45) is 5.92 Å². The molecule has 0 aromatic rings. The first kappa shape index (κ1) is 110. The van der Waals surface area contributed by atoms with E-state index in [0.29, 0.717) is 25.7 Å². The molecule has 0 saturated carbocycles. The van der Waals surface area contributed by atoms with Crippen LogP contribution in [0.1, 0.15) is 510 Å². The fourth-order valence-corrected chi connectivity index (χ4v) is 16.3. The van der Waals surface area contributed by atoms with Crippen LogP contribution in [0.3, 0.4) is 0 Å². The van der Waals surface area contributed by atoms with Gasteiger partial charge in [0.25, 0.3) is 0 Å². The third-order valence-corrected chi connectivity index (χ3v) is 24.3. The van der Waals surface area contributed by atoms with Gasteiger partial charge < -0.3 is 33.8 Å². The molecule has 0 spiro atoms. The maximum Gasteiger partial charge on any atom is 0.472 e. The number of ether oxygens (including phenoxy) is 4. The highest BCUT2D eigenvalue weighted by atomic mass is 31.2. The van der Waals surface area contributed by atoms with Crippen molar-refractivity contribution in [2.75, 3.05) is 39.6 Å². The standard InChI is InChI=1S/C93H182O17P2/c1-6-10-13-16-19-22-25-27-29-31-33-34-35-36-41-44-48-52-57-62-67-72-77-91(96)104-83-89(110-93(98)79-74-69-64-59-54-50-46-42-38-37-39-43-47-51-55-60-65-70-75-86(5)9-4)85-108-112(101,102)106-81-87(94)80-105-111(99,100)107-84-88(82-103-90(95)76-71-66-61-56-24-21-18-15-12-8-3)109-92(97)78-73-68-63-58-53-49-45-40-32-30-28-26-23-20-17-14-11-7-2/h86-89,94H,6-85H2,1-5H3,(H,99,100)(H,101,102)/t86?,87-,88+,89+/m0/s1. The minimum Gasteiger partial charge on any atom is -0.462 e. The number of phosphoric ester groups is 2. The largest absolute Gasteiger partial charge is 0.472 e. The van der Waals surface area contributed by atoms with Crippen LogP contribution in [0, 0.1) is 5.92 Å². The zero-order valence-electron chi connectivity index (χ0n) is 73.8. The van der Waals surface area contributed by atoms with Crippen molar-refractivity contribution < 1.29 is 80.2 Å². The van der Waals surface area contributed by atoms with Crippen LogP contribution in [0.5, 0.6) is 0 Å². The third kappa shape index (κ3) is 84.5. The Balaban J connectivity index is 5.20. The number of hydrogen-bond acceptors (Lipinski definition) is 15. The van der Waals surface area contributed by atoms with Crippen LogP contribution in [-0.2, 0) is 65.4 Å². The van der Waals surface area contributed by atoms with Crippen LogP contribution in [0.4, 0.5) is 0 Å². The van der Waals surface area contributed by atoms with Gasteiger partial charge in [-0.05, 0) is 31.6 Å². The summed E-state index contributed by atoms with van der Waals surface area (Å²) < 4.78 is 69.1. The van der Waals surface area contributed by atoms with Crippen molar-refractivity contribution in [2.45, 2.75) is 528 Å². The molecule has 6 atom stereocenters. The van der Waals surface area contributed by atoms with E-state index in [1.54, 1.807) is 0 Å². The highest BCUT2D eigenvalue weighted by Gasteiger charge is 2.31. The summed E-state index contributed by atoms with van der Waals surface area (Å²) in [5.41, 5.74) is 0. The highest BCUT2D eigenvalue weighted by molar-refractivity contribution is 7.47. The van der Waals surface area contributed by atoms with Gasteiger partial charge in [-0.2, -0.15) is 0 Å². The van der Waals surface area contributed by atoms with Crippen LogP contribution in [0.15, 0.2) is 0 Å². The molecule has 0 saturated heterocycles. The summed E-state index contributed by atoms with van der Waals surface area (Å²) in [6.45, 7) is 7.46. The van der Waals surface area contributed by atoms with Gasteiger partial charge >= 0.3 is 39.5 Å². The summed E-state index contributed by atoms with van der Waals surface area (Å²) in [4.78, 5) is 73.4. The first-order chi connectivity index (χ1) is 54.6. The second-order valence-electron chi connectivity index (χ2n) is 33.6. The van der Waals surface area contributed by atoms with E-state index in [9.17, 15) is 43.2 Å². The normalized spacial score (nSPS) is 13.9. The molecule has 0 radical (unpaired) electrons. The van der Waals surface area contributed by atoms with Crippen molar-refractivity contribution in [3.63, 3.8) is 0 Å². The number of aliphatic hydroxyl groups is 1. The first-order valence-corrected chi connectivity index (χ1v) is 51.2. The Morgan fingerprint density at radius 3 is 0.634 bits per heavy atom. The van der Waals surface area contributed by atoms with E-state index in [2.05, 4.69) is 34.6 Å². The molecule has 0 aliphatic carbocycles. The van der Waals surface area contributed by atoms with E-state index >= 15 is 0 Å². The summed E-state index contributed by atoms with van der Waals surface area (Å²) in [7, 11) is -9.93. The predicted molar refractivity (Wildman–Crippen MR) is 465 cm³/mol. The van der Waals surface area contributed by atoms with Crippen molar-refractivity contribution >= 4 is 39.5 Å². The molecule has 0 heterocycles. The summed E-state index contributed by atoms with van der Waals surface area (Å²) in [6, 6.07) is 0. The van der Waals surface area contributed by atoms with Gasteiger partial charge in [0.15, 0.2) is 12.2 Å². The minimum absolute atomic E-state index is 0.109. The van der Waals surface area contributed by atoms with Crippen molar-refractivity contribution in [1.82, 2.24) is 0 Å². The van der Waals surface area contributed by atoms with Crippen LogP contribution >= 0.6 is 15.6 Å². The molecule has 0 aromatic heterocycles. The van der Waals surface area contributed by atoms with Crippen LogP contribution < -0.4 is 0 Å². The molecular formula is C93H182O17P2. The minimum atomic E-state index is -4.97. The van der Waals surface area contributed by atoms with E-state index in [0.717, 1.165) is 95.8 Å². The Labute approximate surface area is 689 Å². The van der Waals surface area contributed by atoms with Gasteiger partial charge in [0.1, 0.15) is 19.3 Å². The van der Waals surface area contributed by atoms with E-state index in [-0.39, 0.29) is 25.7 Å². The number of rotatable bonds is 93. The predicted octanol–water partition coefficient (Wildman–Crippen LogP) is 29.1. The second kappa shape index (κ2) is 85.5. The van der Waals surface area contributed by atoms with Gasteiger partial charge in [-0.25, -0.2) is 9.13 Å². The van der Waals surface area contributed by atoms with E-state index in [1.807, 2.05) is 0 Å². The number of unbranched alkanes of at least 4 members (excludes halogenated alkanes) is 64. The number of aliphatic hydroxyl groups excluding tert-OH is 1. The smallest absolute Gasteiger partial charge is 0.462 e. The third-order valence-electron chi connectivity index (χ3n) is 22.4. The zero-order valence-corrected chi connectivity index (χ0v) is 75.6. The van der Waals surface area contributed by atoms with Crippen molar-refractivity contribution in [3.05, 3.63) is 0 Å². The molecular weight excluding hydrogens is 1450 g/mol. The number of carbonyl (C=O) groups is 4. The Morgan fingerprint density at radius 1 is 0.250 bits per heavy atom. The Kier molecular flexibility index (Phi) is 84.0. The average molecular weight is 1630 g/mol. The summed E-state index contributed by atoms with van der Waals surface area (Å²) in [6.07, 6.45) is 82.1. The fraction of sp³-hybridized carbons (Fsp3) is 0.957. The molecule has 0 fully saturated rings. The molecule has 112 heavy (non-hydrogen) atoms. The van der Waals surface area contributed by atoms with E-state index < -0.39 is 97.5 Å². The molecule has 3 unspecified atom stereocenters. The van der Waals surface area contributed by atoms with E-state index in [1.165, 1.54) is 334 Å². The Bertz CT molecular complexity index is 2120. The molecule has 0 bridgehead atoms. The van der Waals surface area contributed by atoms with Crippen LogP contribution in [-0.4, -0.2) is 96.7 Å². The van der Waals surface area contributed by atoms with Gasteiger partial charge in [0.05, 0.1) is 26.4 Å². The number of esters is 4. The van der Waals surface area contributed by atoms with Gasteiger partial charge in [0.2, 0.25) is 0 Å². The molecule has 666 valence electrons. The molecule has 17 nitrogen and oxygen atoms in total. The number of carbonyl (C=O) groups excluding carboxylic acids is 4. The molecule has 0 rings (SSSR count). The Morgan fingerprint density at radius 2 is 0.429 bits per heavy atom. The number of phosphoric acid groups is 2. The summed E-state index contributed by atoms with van der Waals surface area (Å²) in [5.74, 6) is -1.22. The lowest BCUT2D eigenvalue weighted by Gasteiger charge is -2.21. The SMILES string of the molecule is CCCCCCCCCCCCCCCCCCCCCCCCC(=O)OC[C@H](COP(=O)(O)OC[C@@H](O)COP(=O)(O)OC[C@@H](COC(=O)CCCCCCCCCCCC)OC(=O)CCCCCCCCCCCCCCCCCCCC)OC(=O)CCCCCCCCCCCCCCCCCCCCC(C)CC. The van der Waals surface area contributed by atoms with Gasteiger partial charge in [0, 0.05) is 25.7 Å². The quantitative estimate of drug-likeness (QED) is 0.0222. The lowest BCUT2D eigenvalue weighted by Crippen LogP contribution is -2.30. The zero-order chi connectivity index (χ0) is 81.8. The van der Waals surface area contributed by atoms with Crippen LogP contribution in [0.2, 0.25) is 0 Å². The highest BCUT2D eigenvalue weighted by Crippen LogP contribution is 2.45. The number of hydrogen-bond donors (Lipinski definition) is 3. The maximum absolute atomic E-state index is 13.2. The van der Waals surface area contributed by atoms with E-state index in [4.69, 9.17) is 37.0 Å². The molecule has 3 N–H and O–H groups in total. The summed E-state index contributed by atoms with van der Waals surface area (Å²) >= 11 is 0. The molecule has 0 aromatic carbocycles. The topological polar surface area (TPSA) is 237 Å². The average Bonchev–Trinajstić information content (AvgIpc) is 0.903. The van der Waals surface area contributed by atoms with Gasteiger partial charge in [-0.3, -0.25) is 37.3 Å². The maximum atomic E-state index is 13.2. The molecule has 0 amide bonds. The Hall–Kier alpha value is -1.94. The fourth-order valence-electron chi connectivity index (χ4n) is 14.7. The lowest BCUT2D eigenvalue weighted by molar-refractivity contribution is -0.161. The van der Waals surface area contributed by atoms with Gasteiger partial charge in [-0.1, -0.05) is 458 Å². The molecule has 19 heteroatoms. The molecule has 0 aliphatic rings. The summed E-state index contributed by atoms with van der Waals surface area (Å²) in [5, 5.41) is 10.7. The molecule has 0 aliphatic heterocycles. The first-order valence-electron chi connectivity index (χ1n) is 48.2. The lowest BCUT2D eigenvalue weighted by atomic mass is 9.99. The van der Waals surface area contributed by atoms with Crippen molar-refractivity contribution in [1.29, 1.82) is 0 Å². The monoisotopic (exact) mass is 1630 g/mol.